The van der Waals surface area contributed by atoms with Gasteiger partial charge in [0.2, 0.25) is 18.0 Å². The van der Waals surface area contributed by atoms with Crippen LogP contribution in [-0.2, 0) is 20.9 Å². The molecule has 4 rings (SSSR count). The molecule has 2 aromatic rings. The average molecular weight is 474 g/mol. The number of halogens is 3. The van der Waals surface area contributed by atoms with Gasteiger partial charge >= 0.3 is 6.43 Å². The van der Waals surface area contributed by atoms with Gasteiger partial charge < -0.3 is 14.5 Å². The van der Waals surface area contributed by atoms with Gasteiger partial charge in [0.15, 0.2) is 0 Å². The molecule has 0 unspecified atom stereocenters. The van der Waals surface area contributed by atoms with Crippen molar-refractivity contribution in [1.29, 1.82) is 0 Å². The van der Waals surface area contributed by atoms with Crippen LogP contribution in [0.4, 0.5) is 18.9 Å². The van der Waals surface area contributed by atoms with Crippen molar-refractivity contribution in [3.8, 4) is 0 Å². The first-order valence-corrected chi connectivity index (χ1v) is 11.0. The summed E-state index contributed by atoms with van der Waals surface area (Å²) in [6.45, 7) is 4.26. The third-order valence-electron chi connectivity index (χ3n) is 5.80. The van der Waals surface area contributed by atoms with E-state index >= 15 is 0 Å². The van der Waals surface area contributed by atoms with Crippen molar-refractivity contribution in [3.05, 3.63) is 65.5 Å². The number of hydrazone groups is 1. The molecule has 7 nitrogen and oxygen atoms in total. The van der Waals surface area contributed by atoms with Crippen molar-refractivity contribution in [2.24, 2.45) is 16.9 Å². The van der Waals surface area contributed by atoms with E-state index in [2.05, 4.69) is 10.5 Å². The van der Waals surface area contributed by atoms with E-state index < -0.39 is 24.4 Å². The van der Waals surface area contributed by atoms with Gasteiger partial charge in [0.1, 0.15) is 5.82 Å². The highest BCUT2D eigenvalue weighted by Gasteiger charge is 2.39. The van der Waals surface area contributed by atoms with E-state index in [1.54, 1.807) is 35.2 Å². The number of carbonyl (C=O) groups is 2. The van der Waals surface area contributed by atoms with E-state index in [1.807, 2.05) is 19.9 Å². The van der Waals surface area contributed by atoms with Crippen LogP contribution < -0.4 is 10.3 Å². The normalized spacial score (nSPS) is 17.8. The molecule has 0 saturated carbocycles. The van der Waals surface area contributed by atoms with Crippen molar-refractivity contribution in [2.45, 2.75) is 33.0 Å². The van der Waals surface area contributed by atoms with Crippen LogP contribution in [-0.4, -0.2) is 42.1 Å². The number of carbonyl (C=O) groups excluding carboxylic acids is 2. The molecule has 10 heteroatoms. The second-order valence-corrected chi connectivity index (χ2v) is 8.58. The highest BCUT2D eigenvalue weighted by Crippen LogP contribution is 2.28. The summed E-state index contributed by atoms with van der Waals surface area (Å²) in [6.07, 6.45) is -3.89. The molecule has 2 aromatic carbocycles. The molecule has 2 amide bonds. The average Bonchev–Trinajstić information content (AvgIpc) is 3.28. The smallest absolute Gasteiger partial charge is 0.314 e. The zero-order valence-electron chi connectivity index (χ0n) is 18.7. The fraction of sp³-hybridized carbons (Fsp3) is 0.375. The molecule has 1 fully saturated rings. The topological polar surface area (TPSA) is 74.2 Å². The molecule has 180 valence electrons. The van der Waals surface area contributed by atoms with Crippen LogP contribution in [0.15, 0.2) is 53.6 Å². The zero-order chi connectivity index (χ0) is 24.4. The highest BCUT2D eigenvalue weighted by molar-refractivity contribution is 5.97. The number of hydrogen-bond acceptors (Lipinski definition) is 5. The molecule has 1 atom stereocenters. The zero-order valence-corrected chi connectivity index (χ0v) is 18.7. The first kappa shape index (κ1) is 23.6. The lowest BCUT2D eigenvalue weighted by Gasteiger charge is -2.41. The van der Waals surface area contributed by atoms with Gasteiger partial charge in [0.25, 0.3) is 5.90 Å². The summed E-state index contributed by atoms with van der Waals surface area (Å²) < 4.78 is 45.5. The molecule has 2 aliphatic heterocycles. The summed E-state index contributed by atoms with van der Waals surface area (Å²) in [4.78, 5) is 28.6. The number of hydrogen-bond donors (Lipinski definition) is 1. The number of nitrogens with one attached hydrogen (secondary N) is 1. The quantitative estimate of drug-likeness (QED) is 0.665. The molecule has 2 aliphatic rings. The highest BCUT2D eigenvalue weighted by atomic mass is 19.3. The second kappa shape index (κ2) is 9.74. The molecule has 0 aromatic heterocycles. The lowest BCUT2D eigenvalue weighted by Crippen LogP contribution is -2.57. The number of nitrogens with zero attached hydrogens (tertiary/aromatic N) is 3. The first-order valence-electron chi connectivity index (χ1n) is 11.0. The molecule has 2 heterocycles. The lowest BCUT2D eigenvalue weighted by molar-refractivity contribution is -0.144. The number of rotatable bonds is 7. The Morgan fingerprint density at radius 2 is 1.88 bits per heavy atom. The Morgan fingerprint density at radius 1 is 1.18 bits per heavy atom. The molecule has 1 N–H and O–H groups in total. The van der Waals surface area contributed by atoms with E-state index in [0.29, 0.717) is 24.3 Å². The summed E-state index contributed by atoms with van der Waals surface area (Å²) >= 11 is 0. The molecular formula is C24H25F3N4O3. The first-order chi connectivity index (χ1) is 16.2. The number of anilines is 1. The summed E-state index contributed by atoms with van der Waals surface area (Å²) in [6, 6.07) is 13.1. The molecule has 0 spiro atoms. The molecule has 34 heavy (non-hydrogen) atoms. The molecule has 0 radical (unpaired) electrons. The Labute approximate surface area is 195 Å². The lowest BCUT2D eigenvalue weighted by atomic mass is 9.95. The number of para-hydroxylation sites is 1. The van der Waals surface area contributed by atoms with Gasteiger partial charge in [-0.05, 0) is 18.2 Å². The maximum Gasteiger partial charge on any atom is 0.314 e. The largest absolute Gasteiger partial charge is 0.446 e. The fourth-order valence-corrected chi connectivity index (χ4v) is 3.87. The molecule has 0 bridgehead atoms. The second-order valence-electron chi connectivity index (χ2n) is 8.58. The predicted octanol–water partition coefficient (Wildman–Crippen LogP) is 3.67. The molecular weight excluding hydrogens is 449 g/mol. The monoisotopic (exact) mass is 474 g/mol. The van der Waals surface area contributed by atoms with Gasteiger partial charge in [-0.15, -0.1) is 5.10 Å². The molecule has 1 saturated heterocycles. The Morgan fingerprint density at radius 3 is 2.47 bits per heavy atom. The van der Waals surface area contributed by atoms with Crippen LogP contribution in [0.1, 0.15) is 31.2 Å². The maximum absolute atomic E-state index is 15.0. The van der Waals surface area contributed by atoms with Crippen LogP contribution in [0, 0.1) is 17.7 Å². The number of likely N-dealkylation sites (tertiary alicyclic amines) is 1. The predicted molar refractivity (Wildman–Crippen MR) is 119 cm³/mol. The number of benzene rings is 2. The third-order valence-corrected chi connectivity index (χ3v) is 5.80. The van der Waals surface area contributed by atoms with E-state index in [4.69, 9.17) is 4.74 Å². The third kappa shape index (κ3) is 4.85. The van der Waals surface area contributed by atoms with Gasteiger partial charge in [0, 0.05) is 35.8 Å². The van der Waals surface area contributed by atoms with E-state index in [1.165, 1.54) is 17.0 Å². The SMILES string of the molecule is CC(C)C(=O)N1CC(C(=O)N(Cc2ccc([C@@H]3NN=C(C(F)F)O3)cc2F)c2ccccc2)C1. The van der Waals surface area contributed by atoms with Crippen molar-refractivity contribution >= 4 is 23.4 Å². The summed E-state index contributed by atoms with van der Waals surface area (Å²) in [5.74, 6) is -2.06. The van der Waals surface area contributed by atoms with E-state index in [0.717, 1.165) is 0 Å². The molecule has 0 aliphatic carbocycles. The van der Waals surface area contributed by atoms with Crippen molar-refractivity contribution in [2.75, 3.05) is 18.0 Å². The van der Waals surface area contributed by atoms with Crippen molar-refractivity contribution < 1.29 is 27.5 Å². The Hall–Kier alpha value is -3.56. The summed E-state index contributed by atoms with van der Waals surface area (Å²) in [5.41, 5.74) is 3.57. The van der Waals surface area contributed by atoms with Crippen molar-refractivity contribution in [3.63, 3.8) is 0 Å². The number of amides is 2. The van der Waals surface area contributed by atoms with E-state index in [9.17, 15) is 22.8 Å². The van der Waals surface area contributed by atoms with Gasteiger partial charge in [0.05, 0.1) is 12.5 Å². The minimum Gasteiger partial charge on any atom is -0.446 e. The van der Waals surface area contributed by atoms with Gasteiger partial charge in [-0.1, -0.05) is 44.2 Å². The van der Waals surface area contributed by atoms with E-state index in [-0.39, 0.29) is 35.8 Å². The van der Waals surface area contributed by atoms with Crippen LogP contribution >= 0.6 is 0 Å². The minimum atomic E-state index is -2.87. The Balaban J connectivity index is 1.49. The number of ether oxygens (including phenoxy) is 1. The van der Waals surface area contributed by atoms with Gasteiger partial charge in [-0.2, -0.15) is 8.78 Å². The van der Waals surface area contributed by atoms with Crippen molar-refractivity contribution in [1.82, 2.24) is 10.3 Å². The van der Waals surface area contributed by atoms with Gasteiger partial charge in [-0.25, -0.2) is 4.39 Å². The number of alkyl halides is 2. The van der Waals surface area contributed by atoms with Crippen LogP contribution in [0.2, 0.25) is 0 Å². The summed E-state index contributed by atoms with van der Waals surface area (Å²) in [7, 11) is 0. The summed E-state index contributed by atoms with van der Waals surface area (Å²) in [5, 5.41) is 3.41. The Kier molecular flexibility index (Phi) is 6.76. The fourth-order valence-electron chi connectivity index (χ4n) is 3.87. The standard InChI is InChI=1S/C24H25F3N4O3/c1-14(2)23(32)30-11-17(12-30)24(33)31(18-6-4-3-5-7-18)13-16-9-8-15(10-19(16)25)21-28-29-22(34-21)20(26)27/h3-10,14,17,20-21,28H,11-13H2,1-2H3/t21-/m1/s1. The van der Waals surface area contributed by atoms with Crippen LogP contribution in [0.3, 0.4) is 0 Å². The minimum absolute atomic E-state index is 0.00124. The van der Waals surface area contributed by atoms with Gasteiger partial charge in [-0.3, -0.25) is 15.0 Å². The Bertz CT molecular complexity index is 1090. The van der Waals surface area contributed by atoms with Crippen LogP contribution in [0.5, 0.6) is 0 Å². The maximum atomic E-state index is 15.0. The van der Waals surface area contributed by atoms with Crippen LogP contribution in [0.25, 0.3) is 0 Å².